The van der Waals surface area contributed by atoms with Gasteiger partial charge in [-0.05, 0) is 38.1 Å². The number of hydrogen-bond acceptors (Lipinski definition) is 6. The minimum absolute atomic E-state index is 0.112. The summed E-state index contributed by atoms with van der Waals surface area (Å²) in [6.07, 6.45) is 1.66. The molecule has 0 fully saturated rings. The smallest absolute Gasteiger partial charge is 0.239 e. The van der Waals surface area contributed by atoms with E-state index in [1.54, 1.807) is 6.20 Å². The number of amides is 1. The van der Waals surface area contributed by atoms with Crippen LogP contribution < -0.4 is 5.32 Å². The number of nitrogens with one attached hydrogen (secondary N) is 1. The third kappa shape index (κ3) is 4.20. The van der Waals surface area contributed by atoms with Crippen LogP contribution in [-0.4, -0.2) is 30.9 Å². The summed E-state index contributed by atoms with van der Waals surface area (Å²) in [5.74, 6) is 0.646. The lowest BCUT2D eigenvalue weighted by Gasteiger charge is -2.11. The molecule has 1 N–H and O–H groups in total. The van der Waals surface area contributed by atoms with Crippen LogP contribution in [0.3, 0.4) is 0 Å². The van der Waals surface area contributed by atoms with Gasteiger partial charge in [0.1, 0.15) is 0 Å². The van der Waals surface area contributed by atoms with Crippen LogP contribution in [0.4, 0.5) is 5.13 Å². The van der Waals surface area contributed by atoms with E-state index in [-0.39, 0.29) is 11.2 Å². The minimum Gasteiger partial charge on any atom is -0.302 e. The molecule has 3 aromatic rings. The summed E-state index contributed by atoms with van der Waals surface area (Å²) < 4.78 is 1.99. The van der Waals surface area contributed by atoms with E-state index in [0.29, 0.717) is 21.9 Å². The number of nitrogens with zero attached hydrogens (tertiary/aromatic N) is 4. The Bertz CT molecular complexity index is 848. The molecule has 1 atom stereocenters. The lowest BCUT2D eigenvalue weighted by Crippen LogP contribution is -2.22. The molecular weight excluding hydrogens is 378 g/mol. The van der Waals surface area contributed by atoms with Crippen LogP contribution in [0, 0.1) is 0 Å². The summed E-state index contributed by atoms with van der Waals surface area (Å²) in [6.45, 7) is 4.56. The Morgan fingerprint density at radius 2 is 2.12 bits per heavy atom. The van der Waals surface area contributed by atoms with E-state index in [4.69, 9.17) is 11.6 Å². The molecule has 2 aromatic heterocycles. The number of hydrogen-bond donors (Lipinski definition) is 1. The Morgan fingerprint density at radius 3 is 2.76 bits per heavy atom. The first kappa shape index (κ1) is 17.9. The van der Waals surface area contributed by atoms with E-state index < -0.39 is 0 Å². The highest BCUT2D eigenvalue weighted by Crippen LogP contribution is 2.28. The van der Waals surface area contributed by atoms with Crippen molar-refractivity contribution in [3.05, 3.63) is 40.9 Å². The van der Waals surface area contributed by atoms with Gasteiger partial charge < -0.3 is 9.88 Å². The van der Waals surface area contributed by atoms with Gasteiger partial charge in [-0.1, -0.05) is 23.4 Å². The maximum absolute atomic E-state index is 12.3. The summed E-state index contributed by atoms with van der Waals surface area (Å²) in [6, 6.07) is 7.46. The van der Waals surface area contributed by atoms with Gasteiger partial charge in [0.05, 0.1) is 5.25 Å². The summed E-state index contributed by atoms with van der Waals surface area (Å²) >= 11 is 8.70. The normalized spacial score (nSPS) is 12.1. The second-order valence-corrected chi connectivity index (χ2v) is 7.78. The zero-order chi connectivity index (χ0) is 17.8. The number of thioether (sulfide) groups is 1. The largest absolute Gasteiger partial charge is 0.302 e. The monoisotopic (exact) mass is 393 g/mol. The predicted molar refractivity (Wildman–Crippen MR) is 102 cm³/mol. The highest BCUT2D eigenvalue weighted by molar-refractivity contribution is 8.00. The van der Waals surface area contributed by atoms with E-state index in [1.807, 2.05) is 48.1 Å². The lowest BCUT2D eigenvalue weighted by molar-refractivity contribution is -0.115. The topological polar surface area (TPSA) is 72.7 Å². The molecule has 0 saturated carbocycles. The van der Waals surface area contributed by atoms with Gasteiger partial charge in [0.25, 0.3) is 0 Å². The Labute approximate surface area is 158 Å². The fourth-order valence-corrected chi connectivity index (χ4v) is 3.75. The third-order valence-corrected chi connectivity index (χ3v) is 5.47. The molecular formula is C16H16ClN5OS2. The van der Waals surface area contributed by atoms with Crippen molar-refractivity contribution in [2.75, 3.05) is 5.32 Å². The van der Waals surface area contributed by atoms with Crippen LogP contribution in [-0.2, 0) is 11.3 Å². The molecule has 130 valence electrons. The first-order valence-electron chi connectivity index (χ1n) is 7.64. The number of carbonyl (C=O) groups is 1. The molecule has 0 bridgehead atoms. The average molecular weight is 394 g/mol. The predicted octanol–water partition coefficient (Wildman–Crippen LogP) is 4.19. The minimum atomic E-state index is -0.323. The molecule has 0 aliphatic rings. The van der Waals surface area contributed by atoms with Crippen molar-refractivity contribution in [2.45, 2.75) is 30.8 Å². The number of aromatic nitrogens is 4. The molecule has 25 heavy (non-hydrogen) atoms. The molecule has 1 aromatic carbocycles. The molecule has 0 radical (unpaired) electrons. The second-order valence-electron chi connectivity index (χ2n) is 5.14. The number of carbonyl (C=O) groups excluding carboxylic acids is 1. The van der Waals surface area contributed by atoms with Gasteiger partial charge in [-0.3, -0.25) is 4.79 Å². The van der Waals surface area contributed by atoms with E-state index in [9.17, 15) is 4.79 Å². The van der Waals surface area contributed by atoms with Crippen LogP contribution in [0.2, 0.25) is 5.02 Å². The fourth-order valence-electron chi connectivity index (χ4n) is 2.18. The van der Waals surface area contributed by atoms with E-state index in [1.165, 1.54) is 23.1 Å². The first-order chi connectivity index (χ1) is 12.1. The molecule has 0 aliphatic carbocycles. The molecule has 0 spiro atoms. The van der Waals surface area contributed by atoms with Crippen LogP contribution in [0.1, 0.15) is 13.8 Å². The Morgan fingerprint density at radius 1 is 1.36 bits per heavy atom. The van der Waals surface area contributed by atoms with Crippen LogP contribution in [0.25, 0.3) is 11.4 Å². The molecule has 6 nitrogen and oxygen atoms in total. The van der Waals surface area contributed by atoms with Gasteiger partial charge in [-0.25, -0.2) is 4.98 Å². The Hall–Kier alpha value is -1.90. The van der Waals surface area contributed by atoms with E-state index in [2.05, 4.69) is 20.5 Å². The van der Waals surface area contributed by atoms with Crippen molar-refractivity contribution in [3.8, 4) is 11.4 Å². The third-order valence-electron chi connectivity index (χ3n) is 3.45. The Kier molecular flexibility index (Phi) is 5.72. The number of halogens is 1. The molecule has 1 amide bonds. The van der Waals surface area contributed by atoms with Crippen molar-refractivity contribution < 1.29 is 4.79 Å². The maximum Gasteiger partial charge on any atom is 0.239 e. The summed E-state index contributed by atoms with van der Waals surface area (Å²) in [5, 5.41) is 14.8. The van der Waals surface area contributed by atoms with Gasteiger partial charge in [-0.15, -0.1) is 21.5 Å². The maximum atomic E-state index is 12.3. The van der Waals surface area contributed by atoms with Crippen molar-refractivity contribution >= 4 is 45.7 Å². The van der Waals surface area contributed by atoms with Crippen LogP contribution in [0.15, 0.2) is 41.0 Å². The van der Waals surface area contributed by atoms with Gasteiger partial charge in [-0.2, -0.15) is 0 Å². The van der Waals surface area contributed by atoms with E-state index >= 15 is 0 Å². The second kappa shape index (κ2) is 7.99. The molecule has 0 aliphatic heterocycles. The summed E-state index contributed by atoms with van der Waals surface area (Å²) in [7, 11) is 0. The van der Waals surface area contributed by atoms with Crippen molar-refractivity contribution in [1.82, 2.24) is 19.7 Å². The number of benzene rings is 1. The molecule has 9 heteroatoms. The van der Waals surface area contributed by atoms with Gasteiger partial charge in [0, 0.05) is 28.7 Å². The SMILES string of the molecule is CCn1c(SC(C)C(=O)Nc2nccs2)nnc1-c1ccc(Cl)cc1. The van der Waals surface area contributed by atoms with Crippen molar-refractivity contribution in [1.29, 1.82) is 0 Å². The van der Waals surface area contributed by atoms with Crippen molar-refractivity contribution in [3.63, 3.8) is 0 Å². The highest BCUT2D eigenvalue weighted by Gasteiger charge is 2.20. The fraction of sp³-hybridized carbons (Fsp3) is 0.250. The standard InChI is InChI=1S/C16H16ClN5OS2/c1-3-22-13(11-4-6-12(17)7-5-11)20-21-16(22)25-10(2)14(23)19-15-18-8-9-24-15/h4-10H,3H2,1-2H3,(H,18,19,23). The van der Waals surface area contributed by atoms with E-state index in [0.717, 1.165) is 11.4 Å². The van der Waals surface area contributed by atoms with Crippen molar-refractivity contribution in [2.24, 2.45) is 0 Å². The number of thiazole rings is 1. The quantitative estimate of drug-likeness (QED) is 0.635. The lowest BCUT2D eigenvalue weighted by atomic mass is 10.2. The molecule has 2 heterocycles. The van der Waals surface area contributed by atoms with Gasteiger partial charge in [0.2, 0.25) is 5.91 Å². The molecule has 1 unspecified atom stereocenters. The Balaban J connectivity index is 1.76. The first-order valence-corrected chi connectivity index (χ1v) is 9.78. The number of rotatable bonds is 6. The van der Waals surface area contributed by atoms with Gasteiger partial charge in [0.15, 0.2) is 16.1 Å². The molecule has 3 rings (SSSR count). The zero-order valence-corrected chi connectivity index (χ0v) is 16.0. The summed E-state index contributed by atoms with van der Waals surface area (Å²) in [4.78, 5) is 16.4. The number of anilines is 1. The average Bonchev–Trinajstić information content (AvgIpc) is 3.25. The zero-order valence-electron chi connectivity index (χ0n) is 13.6. The molecule has 0 saturated heterocycles. The summed E-state index contributed by atoms with van der Waals surface area (Å²) in [5.41, 5.74) is 0.936. The van der Waals surface area contributed by atoms with Crippen LogP contribution >= 0.6 is 34.7 Å². The van der Waals surface area contributed by atoms with Crippen LogP contribution in [0.5, 0.6) is 0 Å². The van der Waals surface area contributed by atoms with Gasteiger partial charge >= 0.3 is 0 Å². The highest BCUT2D eigenvalue weighted by atomic mass is 35.5.